The first-order valence-corrected chi connectivity index (χ1v) is 7.72. The van der Waals surface area contributed by atoms with Crippen molar-refractivity contribution in [1.82, 2.24) is 4.90 Å². The lowest BCUT2D eigenvalue weighted by atomic mass is 10.1. The number of non-ortho nitro benzene ring substituents is 1. The lowest BCUT2D eigenvalue weighted by Crippen LogP contribution is -2.38. The fraction of sp³-hybridized carbons (Fsp3) is 0.267. The highest BCUT2D eigenvalue weighted by Crippen LogP contribution is 2.24. The third-order valence-electron chi connectivity index (χ3n) is 3.57. The minimum absolute atomic E-state index is 0.000283. The van der Waals surface area contributed by atoms with Gasteiger partial charge >= 0.3 is 0 Å². The third-order valence-corrected chi connectivity index (χ3v) is 4.59. The topological polar surface area (TPSA) is 72.7 Å². The van der Waals surface area contributed by atoms with Gasteiger partial charge in [0.15, 0.2) is 6.61 Å². The van der Waals surface area contributed by atoms with Crippen LogP contribution in [0.5, 0.6) is 5.75 Å². The highest BCUT2D eigenvalue weighted by Gasteiger charge is 2.21. The third kappa shape index (κ3) is 3.09. The molecular weight excluding hydrogens is 304 g/mol. The van der Waals surface area contributed by atoms with Gasteiger partial charge in [-0.15, -0.1) is 11.3 Å². The molecule has 0 bridgehead atoms. The average molecular weight is 318 g/mol. The number of benzene rings is 1. The van der Waals surface area contributed by atoms with E-state index in [-0.39, 0.29) is 18.2 Å². The minimum atomic E-state index is -0.471. The number of nitrogens with zero attached hydrogens (tertiary/aromatic N) is 2. The Balaban J connectivity index is 1.55. The number of fused-ring (bicyclic) bond motifs is 1. The molecule has 0 saturated carbocycles. The van der Waals surface area contributed by atoms with Crippen LogP contribution < -0.4 is 4.74 Å². The molecule has 3 rings (SSSR count). The smallest absolute Gasteiger partial charge is 0.269 e. The van der Waals surface area contributed by atoms with Crippen molar-refractivity contribution in [2.24, 2.45) is 0 Å². The van der Waals surface area contributed by atoms with Crippen molar-refractivity contribution in [3.8, 4) is 5.75 Å². The summed E-state index contributed by atoms with van der Waals surface area (Å²) in [6, 6.07) is 7.77. The lowest BCUT2D eigenvalue weighted by molar-refractivity contribution is -0.384. The Morgan fingerprint density at radius 2 is 2.09 bits per heavy atom. The maximum Gasteiger partial charge on any atom is 0.269 e. The molecule has 0 aliphatic carbocycles. The predicted molar refractivity (Wildman–Crippen MR) is 82.0 cm³/mol. The SMILES string of the molecule is O=C(COc1ccc([N+](=O)[O-])cc1)N1CCc2sccc2C1. The van der Waals surface area contributed by atoms with Crippen LogP contribution in [0, 0.1) is 10.1 Å². The highest BCUT2D eigenvalue weighted by molar-refractivity contribution is 7.10. The van der Waals surface area contributed by atoms with E-state index >= 15 is 0 Å². The molecule has 2 heterocycles. The van der Waals surface area contributed by atoms with E-state index in [1.165, 1.54) is 34.7 Å². The zero-order valence-corrected chi connectivity index (χ0v) is 12.5. The molecule has 1 aromatic heterocycles. The normalized spacial score (nSPS) is 13.5. The summed E-state index contributed by atoms with van der Waals surface area (Å²) in [5.74, 6) is 0.377. The van der Waals surface area contributed by atoms with E-state index < -0.39 is 4.92 Å². The Kier molecular flexibility index (Phi) is 4.06. The van der Waals surface area contributed by atoms with Crippen LogP contribution >= 0.6 is 11.3 Å². The van der Waals surface area contributed by atoms with E-state index in [4.69, 9.17) is 4.74 Å². The van der Waals surface area contributed by atoms with E-state index in [1.54, 1.807) is 16.2 Å². The largest absolute Gasteiger partial charge is 0.484 e. The van der Waals surface area contributed by atoms with Gasteiger partial charge in [0.1, 0.15) is 5.75 Å². The number of amides is 1. The van der Waals surface area contributed by atoms with Crippen LogP contribution in [-0.4, -0.2) is 28.9 Å². The predicted octanol–water partition coefficient (Wildman–Crippen LogP) is 2.62. The molecule has 7 heteroatoms. The number of ether oxygens (including phenoxy) is 1. The first-order valence-electron chi connectivity index (χ1n) is 6.84. The van der Waals surface area contributed by atoms with E-state index in [0.29, 0.717) is 18.8 Å². The summed E-state index contributed by atoms with van der Waals surface area (Å²) >= 11 is 1.73. The van der Waals surface area contributed by atoms with E-state index in [9.17, 15) is 14.9 Å². The van der Waals surface area contributed by atoms with Crippen molar-refractivity contribution in [3.05, 3.63) is 56.3 Å². The Bertz CT molecular complexity index is 696. The molecule has 2 aromatic rings. The monoisotopic (exact) mass is 318 g/mol. The van der Waals surface area contributed by atoms with Gasteiger partial charge in [0.05, 0.1) is 4.92 Å². The molecule has 6 nitrogen and oxygen atoms in total. The molecular formula is C15H14N2O4S. The molecule has 1 aliphatic heterocycles. The standard InChI is InChI=1S/C15H14N2O4S/c18-15(16-7-5-14-11(9-16)6-8-22-14)10-21-13-3-1-12(2-4-13)17(19)20/h1-4,6,8H,5,7,9-10H2. The Labute approximate surface area is 131 Å². The van der Waals surface area contributed by atoms with E-state index in [0.717, 1.165) is 6.42 Å². The van der Waals surface area contributed by atoms with E-state index in [2.05, 4.69) is 6.07 Å². The quantitative estimate of drug-likeness (QED) is 0.641. The molecule has 0 unspecified atom stereocenters. The van der Waals surface area contributed by atoms with Crippen molar-refractivity contribution < 1.29 is 14.5 Å². The molecule has 1 aromatic carbocycles. The van der Waals surface area contributed by atoms with Crippen molar-refractivity contribution in [2.45, 2.75) is 13.0 Å². The fourth-order valence-corrected chi connectivity index (χ4v) is 3.25. The van der Waals surface area contributed by atoms with Crippen molar-refractivity contribution >= 4 is 22.9 Å². The van der Waals surface area contributed by atoms with Gasteiger partial charge in [-0.05, 0) is 35.6 Å². The van der Waals surface area contributed by atoms with Gasteiger partial charge in [0.25, 0.3) is 11.6 Å². The summed E-state index contributed by atoms with van der Waals surface area (Å²) in [6.07, 6.45) is 0.885. The van der Waals surface area contributed by atoms with Crippen LogP contribution in [0.25, 0.3) is 0 Å². The molecule has 0 radical (unpaired) electrons. The van der Waals surface area contributed by atoms with Gasteiger partial charge in [0, 0.05) is 30.1 Å². The molecule has 0 saturated heterocycles. The van der Waals surface area contributed by atoms with Crippen molar-refractivity contribution in [2.75, 3.05) is 13.2 Å². The zero-order valence-electron chi connectivity index (χ0n) is 11.7. The number of rotatable bonds is 4. The van der Waals surface area contributed by atoms with Gasteiger partial charge in [-0.2, -0.15) is 0 Å². The first-order chi connectivity index (χ1) is 10.6. The number of nitro groups is 1. The Morgan fingerprint density at radius 3 is 2.82 bits per heavy atom. The number of hydrogen-bond acceptors (Lipinski definition) is 5. The second-order valence-electron chi connectivity index (χ2n) is 4.97. The maximum absolute atomic E-state index is 12.2. The molecule has 0 N–H and O–H groups in total. The van der Waals surface area contributed by atoms with Gasteiger partial charge < -0.3 is 9.64 Å². The van der Waals surface area contributed by atoms with Crippen LogP contribution in [0.3, 0.4) is 0 Å². The second kappa shape index (κ2) is 6.15. The molecule has 0 fully saturated rings. The lowest BCUT2D eigenvalue weighted by Gasteiger charge is -2.26. The summed E-state index contributed by atoms with van der Waals surface area (Å²) in [5.41, 5.74) is 1.21. The van der Waals surface area contributed by atoms with Gasteiger partial charge in [-0.1, -0.05) is 0 Å². The van der Waals surface area contributed by atoms with Crippen LogP contribution in [-0.2, 0) is 17.8 Å². The molecule has 114 valence electrons. The number of carbonyl (C=O) groups excluding carboxylic acids is 1. The summed E-state index contributed by atoms with van der Waals surface area (Å²) < 4.78 is 5.41. The summed E-state index contributed by atoms with van der Waals surface area (Å²) in [7, 11) is 0. The number of carbonyl (C=O) groups is 1. The molecule has 0 spiro atoms. The summed E-state index contributed by atoms with van der Waals surface area (Å²) in [6.45, 7) is 1.27. The summed E-state index contributed by atoms with van der Waals surface area (Å²) in [4.78, 5) is 25.4. The molecule has 1 aliphatic rings. The fourth-order valence-electron chi connectivity index (χ4n) is 2.36. The van der Waals surface area contributed by atoms with Crippen molar-refractivity contribution in [1.29, 1.82) is 0 Å². The molecule has 0 atom stereocenters. The van der Waals surface area contributed by atoms with Crippen LogP contribution in [0.1, 0.15) is 10.4 Å². The number of thiophene rings is 1. The maximum atomic E-state index is 12.2. The van der Waals surface area contributed by atoms with Crippen LogP contribution in [0.4, 0.5) is 5.69 Å². The van der Waals surface area contributed by atoms with Crippen LogP contribution in [0.2, 0.25) is 0 Å². The molecule has 22 heavy (non-hydrogen) atoms. The highest BCUT2D eigenvalue weighted by atomic mass is 32.1. The number of nitro benzene ring substituents is 1. The van der Waals surface area contributed by atoms with Gasteiger partial charge in [-0.3, -0.25) is 14.9 Å². The second-order valence-corrected chi connectivity index (χ2v) is 5.97. The van der Waals surface area contributed by atoms with E-state index in [1.807, 2.05) is 5.38 Å². The molecule has 1 amide bonds. The Morgan fingerprint density at radius 1 is 1.32 bits per heavy atom. The number of hydrogen-bond donors (Lipinski definition) is 0. The average Bonchev–Trinajstić information content (AvgIpc) is 3.00. The first kappa shape index (κ1) is 14.5. The van der Waals surface area contributed by atoms with Gasteiger partial charge in [-0.25, -0.2) is 0 Å². The minimum Gasteiger partial charge on any atom is -0.484 e. The Hall–Kier alpha value is -2.41. The van der Waals surface area contributed by atoms with Gasteiger partial charge in [0.2, 0.25) is 0 Å². The van der Waals surface area contributed by atoms with Crippen LogP contribution in [0.15, 0.2) is 35.7 Å². The van der Waals surface area contributed by atoms with Crippen molar-refractivity contribution in [3.63, 3.8) is 0 Å². The zero-order chi connectivity index (χ0) is 15.5. The summed E-state index contributed by atoms with van der Waals surface area (Å²) in [5, 5.41) is 12.6.